The summed E-state index contributed by atoms with van der Waals surface area (Å²) in [6.45, 7) is 2.03. The number of hydrogen-bond donors (Lipinski definition) is 1. The van der Waals surface area contributed by atoms with Crippen molar-refractivity contribution in [1.29, 1.82) is 0 Å². The van der Waals surface area contributed by atoms with E-state index in [0.717, 1.165) is 25.3 Å². The molecule has 0 spiro atoms. The van der Waals surface area contributed by atoms with Crippen molar-refractivity contribution in [3.63, 3.8) is 0 Å². The van der Waals surface area contributed by atoms with Gasteiger partial charge in [0.2, 0.25) is 5.75 Å². The van der Waals surface area contributed by atoms with Crippen molar-refractivity contribution >= 4 is 5.69 Å². The van der Waals surface area contributed by atoms with Crippen LogP contribution in [0.4, 0.5) is 5.69 Å². The molecule has 88 valence electrons. The predicted molar refractivity (Wildman–Crippen MR) is 56.5 cm³/mol. The molecular formula is C10H13NO5. The molecule has 1 N–H and O–H groups in total. The minimum absolute atomic E-state index is 0.279. The number of aromatic hydroxyl groups is 1. The van der Waals surface area contributed by atoms with Crippen molar-refractivity contribution in [3.8, 4) is 5.75 Å². The Labute approximate surface area is 91.7 Å². The van der Waals surface area contributed by atoms with Gasteiger partial charge in [-0.15, -0.1) is 0 Å². The Morgan fingerprint density at radius 3 is 2.69 bits per heavy atom. The molecule has 1 aromatic heterocycles. The molecule has 0 radical (unpaired) electrons. The normalized spacial score (nSPS) is 10.3. The van der Waals surface area contributed by atoms with Crippen LogP contribution in [-0.2, 0) is 6.42 Å². The van der Waals surface area contributed by atoms with E-state index in [4.69, 9.17) is 4.42 Å². The highest BCUT2D eigenvalue weighted by Crippen LogP contribution is 2.22. The topological polar surface area (TPSA) is 93.6 Å². The molecule has 0 fully saturated rings. The third-order valence-electron chi connectivity index (χ3n) is 2.17. The summed E-state index contributed by atoms with van der Waals surface area (Å²) >= 11 is 0. The molecule has 0 saturated heterocycles. The van der Waals surface area contributed by atoms with Crippen LogP contribution in [0.2, 0.25) is 0 Å². The van der Waals surface area contributed by atoms with E-state index in [-0.39, 0.29) is 5.76 Å². The van der Waals surface area contributed by atoms with Crippen LogP contribution in [0.3, 0.4) is 0 Å². The van der Waals surface area contributed by atoms with Crippen molar-refractivity contribution in [2.24, 2.45) is 0 Å². The number of nitrogens with zero attached hydrogens (tertiary/aromatic N) is 1. The minimum atomic E-state index is -1.10. The number of hydrogen-bond acceptors (Lipinski definition) is 5. The Morgan fingerprint density at radius 2 is 2.19 bits per heavy atom. The predicted octanol–water partition coefficient (Wildman–Crippen LogP) is 1.99. The van der Waals surface area contributed by atoms with Crippen molar-refractivity contribution in [2.75, 3.05) is 0 Å². The van der Waals surface area contributed by atoms with Gasteiger partial charge in [0.05, 0.1) is 4.92 Å². The third-order valence-corrected chi connectivity index (χ3v) is 2.17. The first kappa shape index (κ1) is 12.2. The van der Waals surface area contributed by atoms with Gasteiger partial charge in [0.15, 0.2) is 0 Å². The largest absolute Gasteiger partial charge is 0.502 e. The first-order chi connectivity index (χ1) is 7.56. The molecule has 0 aromatic carbocycles. The van der Waals surface area contributed by atoms with Crippen molar-refractivity contribution < 1.29 is 14.4 Å². The van der Waals surface area contributed by atoms with Crippen LogP contribution in [-0.4, -0.2) is 10.0 Å². The second kappa shape index (κ2) is 5.29. The molecule has 6 heteroatoms. The zero-order valence-corrected chi connectivity index (χ0v) is 8.93. The van der Waals surface area contributed by atoms with Crippen LogP contribution in [0.25, 0.3) is 0 Å². The first-order valence-corrected chi connectivity index (χ1v) is 5.06. The average Bonchev–Trinajstić information content (AvgIpc) is 2.16. The highest BCUT2D eigenvalue weighted by atomic mass is 16.6. The molecule has 0 bridgehead atoms. The van der Waals surface area contributed by atoms with Crippen molar-refractivity contribution in [2.45, 2.75) is 32.6 Å². The van der Waals surface area contributed by atoms with E-state index >= 15 is 0 Å². The number of rotatable bonds is 5. The van der Waals surface area contributed by atoms with E-state index in [9.17, 15) is 20.0 Å². The minimum Gasteiger partial charge on any atom is -0.502 e. The maximum atomic E-state index is 11.2. The molecule has 1 heterocycles. The van der Waals surface area contributed by atoms with E-state index in [1.807, 2.05) is 6.92 Å². The number of unbranched alkanes of at least 4 members (excludes halogenated alkanes) is 2. The summed E-state index contributed by atoms with van der Waals surface area (Å²) < 4.78 is 4.74. The molecule has 0 atom stereocenters. The molecule has 1 aromatic rings. The van der Waals surface area contributed by atoms with Gasteiger partial charge in [0.25, 0.3) is 0 Å². The lowest BCUT2D eigenvalue weighted by molar-refractivity contribution is -0.388. The van der Waals surface area contributed by atoms with Gasteiger partial charge in [0, 0.05) is 12.5 Å². The lowest BCUT2D eigenvalue weighted by Crippen LogP contribution is -2.08. The Kier molecular flexibility index (Phi) is 4.04. The van der Waals surface area contributed by atoms with Gasteiger partial charge in [-0.25, -0.2) is 4.79 Å². The van der Waals surface area contributed by atoms with Crippen LogP contribution >= 0.6 is 0 Å². The summed E-state index contributed by atoms with van der Waals surface area (Å²) in [5.41, 5.74) is -2.00. The Hall–Kier alpha value is -1.85. The van der Waals surface area contributed by atoms with E-state index in [1.165, 1.54) is 0 Å². The highest BCUT2D eigenvalue weighted by Gasteiger charge is 2.21. The van der Waals surface area contributed by atoms with Gasteiger partial charge >= 0.3 is 11.3 Å². The number of nitro groups is 1. The molecule has 6 nitrogen and oxygen atoms in total. The van der Waals surface area contributed by atoms with E-state index < -0.39 is 22.0 Å². The fourth-order valence-electron chi connectivity index (χ4n) is 1.36. The molecular weight excluding hydrogens is 214 g/mol. The van der Waals surface area contributed by atoms with Crippen LogP contribution in [0, 0.1) is 10.1 Å². The Balaban J connectivity index is 2.92. The molecule has 0 aliphatic carbocycles. The van der Waals surface area contributed by atoms with Crippen molar-refractivity contribution in [1.82, 2.24) is 0 Å². The zero-order chi connectivity index (χ0) is 12.1. The average molecular weight is 227 g/mol. The van der Waals surface area contributed by atoms with Gasteiger partial charge < -0.3 is 9.52 Å². The fraction of sp³-hybridized carbons (Fsp3) is 0.500. The van der Waals surface area contributed by atoms with Crippen LogP contribution in [0.5, 0.6) is 5.75 Å². The summed E-state index contributed by atoms with van der Waals surface area (Å²) in [6.07, 6.45) is 3.30. The highest BCUT2D eigenvalue weighted by molar-refractivity contribution is 5.42. The van der Waals surface area contributed by atoms with Gasteiger partial charge in [-0.2, -0.15) is 0 Å². The van der Waals surface area contributed by atoms with E-state index in [1.54, 1.807) is 0 Å². The molecule has 0 unspecified atom stereocenters. The maximum absolute atomic E-state index is 11.2. The standard InChI is InChI=1S/C10H13NO5/c1-2-3-4-5-7-6-8(12)9(11(14)15)10(13)16-7/h6,12H,2-5H2,1H3. The number of aryl methyl sites for hydroxylation is 1. The maximum Gasteiger partial charge on any atom is 0.419 e. The molecule has 1 rings (SSSR count). The summed E-state index contributed by atoms with van der Waals surface area (Å²) in [7, 11) is 0. The lowest BCUT2D eigenvalue weighted by Gasteiger charge is -2.00. The second-order valence-electron chi connectivity index (χ2n) is 3.45. The van der Waals surface area contributed by atoms with E-state index in [2.05, 4.69) is 0 Å². The van der Waals surface area contributed by atoms with Gasteiger partial charge in [0.1, 0.15) is 5.76 Å². The fourth-order valence-corrected chi connectivity index (χ4v) is 1.36. The van der Waals surface area contributed by atoms with Crippen LogP contribution in [0.1, 0.15) is 31.9 Å². The van der Waals surface area contributed by atoms with Crippen LogP contribution in [0.15, 0.2) is 15.3 Å². The summed E-state index contributed by atoms with van der Waals surface area (Å²) in [5.74, 6) is -0.353. The summed E-state index contributed by atoms with van der Waals surface area (Å²) in [4.78, 5) is 20.6. The third kappa shape index (κ3) is 2.82. The SMILES string of the molecule is CCCCCc1cc(O)c([N+](=O)[O-])c(=O)o1. The molecule has 0 aliphatic rings. The Morgan fingerprint density at radius 1 is 1.50 bits per heavy atom. The van der Waals surface area contributed by atoms with Crippen molar-refractivity contribution in [3.05, 3.63) is 32.4 Å². The monoisotopic (exact) mass is 227 g/mol. The second-order valence-corrected chi connectivity index (χ2v) is 3.45. The first-order valence-electron chi connectivity index (χ1n) is 5.06. The smallest absolute Gasteiger partial charge is 0.419 e. The zero-order valence-electron chi connectivity index (χ0n) is 8.93. The van der Waals surface area contributed by atoms with Gasteiger partial charge in [-0.05, 0) is 6.42 Å². The molecule has 0 saturated carbocycles. The molecule has 0 aliphatic heterocycles. The molecule has 0 amide bonds. The van der Waals surface area contributed by atoms with Gasteiger partial charge in [-0.1, -0.05) is 19.8 Å². The van der Waals surface area contributed by atoms with E-state index in [0.29, 0.717) is 6.42 Å². The summed E-state index contributed by atoms with van der Waals surface area (Å²) in [5, 5.41) is 19.7. The lowest BCUT2D eigenvalue weighted by atomic mass is 10.1. The summed E-state index contributed by atoms with van der Waals surface area (Å²) in [6, 6.07) is 1.13. The molecule has 16 heavy (non-hydrogen) atoms. The quantitative estimate of drug-likeness (QED) is 0.471. The Bertz CT molecular complexity index is 437. The van der Waals surface area contributed by atoms with Crippen LogP contribution < -0.4 is 5.63 Å². The van der Waals surface area contributed by atoms with Gasteiger partial charge in [-0.3, -0.25) is 10.1 Å².